The SMILES string of the molecule is NC(=O)C1C(CF)C1CF. The Kier molecular flexibility index (Phi) is 1.87. The van der Waals surface area contributed by atoms with E-state index in [0.717, 1.165) is 0 Å². The first-order valence-corrected chi connectivity index (χ1v) is 3.13. The van der Waals surface area contributed by atoms with E-state index in [1.807, 2.05) is 0 Å². The maximum atomic E-state index is 11.9. The summed E-state index contributed by atoms with van der Waals surface area (Å²) in [5.41, 5.74) is 4.86. The standard InChI is InChI=1S/C6H9F2NO/c7-1-3-4(2-8)5(3)6(9)10/h3-5H,1-2H2,(H2,9,10). The van der Waals surface area contributed by atoms with Gasteiger partial charge in [0.2, 0.25) is 5.91 Å². The minimum atomic E-state index is -0.637. The Balaban J connectivity index is 2.44. The summed E-state index contributed by atoms with van der Waals surface area (Å²) in [5, 5.41) is 0. The van der Waals surface area contributed by atoms with Crippen molar-refractivity contribution in [3.05, 3.63) is 0 Å². The van der Waals surface area contributed by atoms with Gasteiger partial charge in [-0.1, -0.05) is 0 Å². The van der Waals surface area contributed by atoms with Crippen LogP contribution in [0.3, 0.4) is 0 Å². The second kappa shape index (κ2) is 2.52. The third-order valence-electron chi connectivity index (χ3n) is 2.02. The lowest BCUT2D eigenvalue weighted by Gasteiger charge is -1.84. The predicted molar refractivity (Wildman–Crippen MR) is 31.6 cm³/mol. The molecular formula is C6H9F2NO. The molecule has 0 bridgehead atoms. The number of hydrogen-bond donors (Lipinski definition) is 1. The van der Waals surface area contributed by atoms with Gasteiger partial charge in [-0.05, 0) is 0 Å². The highest BCUT2D eigenvalue weighted by Crippen LogP contribution is 2.46. The van der Waals surface area contributed by atoms with Gasteiger partial charge in [0.25, 0.3) is 0 Å². The van der Waals surface area contributed by atoms with Crippen LogP contribution in [0.25, 0.3) is 0 Å². The summed E-state index contributed by atoms with van der Waals surface area (Å²) in [6.45, 7) is -1.27. The van der Waals surface area contributed by atoms with E-state index >= 15 is 0 Å². The summed E-state index contributed by atoms with van der Waals surface area (Å²) in [6, 6.07) is 0. The van der Waals surface area contributed by atoms with Crippen LogP contribution in [0.1, 0.15) is 0 Å². The van der Waals surface area contributed by atoms with Gasteiger partial charge in [0.15, 0.2) is 0 Å². The van der Waals surface area contributed by atoms with Gasteiger partial charge in [-0.25, -0.2) is 0 Å². The summed E-state index contributed by atoms with van der Waals surface area (Å²) in [5.74, 6) is -2.01. The summed E-state index contributed by atoms with van der Waals surface area (Å²) in [6.07, 6.45) is 0. The molecular weight excluding hydrogens is 140 g/mol. The second-order valence-corrected chi connectivity index (χ2v) is 2.56. The largest absolute Gasteiger partial charge is 0.369 e. The highest BCUT2D eigenvalue weighted by atomic mass is 19.1. The molecule has 0 saturated heterocycles. The van der Waals surface area contributed by atoms with E-state index in [4.69, 9.17) is 5.73 Å². The molecule has 2 unspecified atom stereocenters. The summed E-state index contributed by atoms with van der Waals surface area (Å²) in [4.78, 5) is 10.4. The van der Waals surface area contributed by atoms with Crippen LogP contribution in [-0.2, 0) is 4.79 Å². The molecule has 10 heavy (non-hydrogen) atoms. The Bertz CT molecular complexity index is 141. The number of primary amides is 1. The molecule has 1 aliphatic carbocycles. The predicted octanol–water partition coefficient (Wildman–Crippen LogP) is 0.273. The van der Waals surface area contributed by atoms with E-state index < -0.39 is 37.0 Å². The minimum Gasteiger partial charge on any atom is -0.369 e. The van der Waals surface area contributed by atoms with Gasteiger partial charge >= 0.3 is 0 Å². The summed E-state index contributed by atoms with van der Waals surface area (Å²) in [7, 11) is 0. The van der Waals surface area contributed by atoms with Gasteiger partial charge in [-0.3, -0.25) is 13.6 Å². The lowest BCUT2D eigenvalue weighted by Crippen LogP contribution is -2.15. The van der Waals surface area contributed by atoms with Crippen molar-refractivity contribution in [1.82, 2.24) is 0 Å². The van der Waals surface area contributed by atoms with Crippen LogP contribution in [-0.4, -0.2) is 19.3 Å². The first-order chi connectivity index (χ1) is 4.72. The second-order valence-electron chi connectivity index (χ2n) is 2.56. The van der Waals surface area contributed by atoms with Crippen LogP contribution in [0.15, 0.2) is 0 Å². The Hall–Kier alpha value is -0.670. The van der Waals surface area contributed by atoms with Crippen LogP contribution >= 0.6 is 0 Å². The van der Waals surface area contributed by atoms with Gasteiger partial charge in [-0.2, -0.15) is 0 Å². The topological polar surface area (TPSA) is 43.1 Å². The van der Waals surface area contributed by atoms with Gasteiger partial charge in [-0.15, -0.1) is 0 Å². The normalized spacial score (nSPS) is 37.6. The average Bonchev–Trinajstić information content (AvgIpc) is 2.60. The molecule has 0 aromatic carbocycles. The van der Waals surface area contributed by atoms with Gasteiger partial charge < -0.3 is 5.73 Å². The van der Waals surface area contributed by atoms with Crippen molar-refractivity contribution >= 4 is 5.91 Å². The van der Waals surface area contributed by atoms with Crippen molar-refractivity contribution in [2.45, 2.75) is 0 Å². The van der Waals surface area contributed by atoms with Gasteiger partial charge in [0, 0.05) is 17.8 Å². The number of hydrogen-bond acceptors (Lipinski definition) is 1. The van der Waals surface area contributed by atoms with Gasteiger partial charge in [0.05, 0.1) is 13.3 Å². The van der Waals surface area contributed by atoms with Gasteiger partial charge in [0.1, 0.15) is 0 Å². The van der Waals surface area contributed by atoms with E-state index in [2.05, 4.69) is 0 Å². The van der Waals surface area contributed by atoms with Crippen LogP contribution < -0.4 is 5.73 Å². The molecule has 0 heterocycles. The lowest BCUT2D eigenvalue weighted by atomic mass is 10.3. The van der Waals surface area contributed by atoms with E-state index in [0.29, 0.717) is 0 Å². The van der Waals surface area contributed by atoms with E-state index in [1.54, 1.807) is 0 Å². The number of halogens is 2. The molecule has 2 atom stereocenters. The maximum Gasteiger partial charge on any atom is 0.221 e. The van der Waals surface area contributed by atoms with Crippen molar-refractivity contribution in [3.8, 4) is 0 Å². The fraction of sp³-hybridized carbons (Fsp3) is 0.833. The highest BCUT2D eigenvalue weighted by Gasteiger charge is 2.53. The Morgan fingerprint density at radius 2 is 1.70 bits per heavy atom. The van der Waals surface area contributed by atoms with Crippen LogP contribution in [0.2, 0.25) is 0 Å². The number of alkyl halides is 2. The van der Waals surface area contributed by atoms with Crippen molar-refractivity contribution < 1.29 is 13.6 Å². The molecule has 1 amide bonds. The minimum absolute atomic E-state index is 0.442. The van der Waals surface area contributed by atoms with Crippen molar-refractivity contribution in [2.75, 3.05) is 13.3 Å². The number of rotatable bonds is 3. The van der Waals surface area contributed by atoms with Crippen LogP contribution in [0.5, 0.6) is 0 Å². The fourth-order valence-electron chi connectivity index (χ4n) is 1.29. The third-order valence-corrected chi connectivity index (χ3v) is 2.02. The van der Waals surface area contributed by atoms with E-state index in [-0.39, 0.29) is 0 Å². The summed E-state index contributed by atoms with van der Waals surface area (Å²) < 4.78 is 23.7. The molecule has 0 spiro atoms. The highest BCUT2D eigenvalue weighted by molar-refractivity contribution is 5.80. The van der Waals surface area contributed by atoms with Crippen molar-refractivity contribution in [2.24, 2.45) is 23.5 Å². The molecule has 4 heteroatoms. The van der Waals surface area contributed by atoms with Crippen molar-refractivity contribution in [1.29, 1.82) is 0 Å². The number of nitrogens with two attached hydrogens (primary N) is 1. The molecule has 1 rings (SSSR count). The van der Waals surface area contributed by atoms with Crippen LogP contribution in [0, 0.1) is 17.8 Å². The Morgan fingerprint density at radius 3 is 1.80 bits per heavy atom. The molecule has 0 radical (unpaired) electrons. The Labute approximate surface area is 57.4 Å². The first kappa shape index (κ1) is 7.44. The third kappa shape index (κ3) is 0.978. The number of carbonyl (C=O) groups excluding carboxylic acids is 1. The number of amides is 1. The maximum absolute atomic E-state index is 11.9. The Morgan fingerprint density at radius 1 is 1.30 bits per heavy atom. The molecule has 0 aromatic rings. The molecule has 58 valence electrons. The number of carbonyl (C=O) groups is 1. The van der Waals surface area contributed by atoms with E-state index in [1.165, 1.54) is 0 Å². The molecule has 0 aliphatic heterocycles. The quantitative estimate of drug-likeness (QED) is 0.615. The molecule has 1 fully saturated rings. The van der Waals surface area contributed by atoms with Crippen LogP contribution in [0.4, 0.5) is 8.78 Å². The zero-order valence-electron chi connectivity index (χ0n) is 5.39. The smallest absolute Gasteiger partial charge is 0.221 e. The molecule has 1 saturated carbocycles. The lowest BCUT2D eigenvalue weighted by molar-refractivity contribution is -0.119. The monoisotopic (exact) mass is 149 g/mol. The fourth-order valence-corrected chi connectivity index (χ4v) is 1.29. The molecule has 2 nitrogen and oxygen atoms in total. The zero-order chi connectivity index (χ0) is 7.72. The van der Waals surface area contributed by atoms with E-state index in [9.17, 15) is 13.6 Å². The molecule has 0 aromatic heterocycles. The zero-order valence-corrected chi connectivity index (χ0v) is 5.39. The summed E-state index contributed by atoms with van der Waals surface area (Å²) >= 11 is 0. The first-order valence-electron chi connectivity index (χ1n) is 3.13. The average molecular weight is 149 g/mol. The molecule has 2 N–H and O–H groups in total. The molecule has 1 aliphatic rings. The van der Waals surface area contributed by atoms with Crippen molar-refractivity contribution in [3.63, 3.8) is 0 Å².